The second kappa shape index (κ2) is 13.5. The zero-order valence-electron chi connectivity index (χ0n) is 24.7. The molecule has 2 saturated heterocycles. The van der Waals surface area contributed by atoms with Crippen LogP contribution >= 0.6 is 0 Å². The lowest BCUT2D eigenvalue weighted by molar-refractivity contribution is -0.127. The summed E-state index contributed by atoms with van der Waals surface area (Å²) in [5.41, 5.74) is 4.14. The predicted octanol–water partition coefficient (Wildman–Crippen LogP) is 3.87. The minimum atomic E-state index is -0.496. The van der Waals surface area contributed by atoms with Crippen molar-refractivity contribution >= 4 is 46.6 Å². The Labute approximate surface area is 251 Å². The number of aryl methyl sites for hydroxylation is 1. The van der Waals surface area contributed by atoms with Crippen LogP contribution in [0.5, 0.6) is 0 Å². The molecule has 0 radical (unpaired) electrons. The molecule has 5 rings (SSSR count). The Bertz CT molecular complexity index is 1490. The number of para-hydroxylation sites is 1. The topological polar surface area (TPSA) is 127 Å². The number of benzene rings is 2. The summed E-state index contributed by atoms with van der Waals surface area (Å²) in [4.78, 5) is 55.8. The Hall–Kier alpha value is -4.80. The second-order valence-corrected chi connectivity index (χ2v) is 10.9. The number of carbonyl (C=O) groups is 4. The molecular formula is C32H38N6O5. The van der Waals surface area contributed by atoms with Gasteiger partial charge in [-0.15, -0.1) is 0 Å². The van der Waals surface area contributed by atoms with Crippen LogP contribution in [0.2, 0.25) is 0 Å². The summed E-state index contributed by atoms with van der Waals surface area (Å²) in [5.74, 6) is -0.685. The number of nitrogens with one attached hydrogen (secondary N) is 3. The van der Waals surface area contributed by atoms with Gasteiger partial charge in [0.25, 0.3) is 11.8 Å². The van der Waals surface area contributed by atoms with E-state index in [1.54, 1.807) is 12.1 Å². The van der Waals surface area contributed by atoms with Crippen LogP contribution in [0.1, 0.15) is 52.7 Å². The van der Waals surface area contributed by atoms with Gasteiger partial charge in [0.15, 0.2) is 11.6 Å². The summed E-state index contributed by atoms with van der Waals surface area (Å²) in [6, 6.07) is 16.6. The van der Waals surface area contributed by atoms with Crippen molar-refractivity contribution in [3.8, 4) is 0 Å². The van der Waals surface area contributed by atoms with Crippen LogP contribution in [-0.4, -0.2) is 74.3 Å². The molecule has 0 aliphatic carbocycles. The number of nitrogens with zero attached hydrogens (tertiary/aromatic N) is 3. The van der Waals surface area contributed by atoms with E-state index < -0.39 is 5.91 Å². The first kappa shape index (κ1) is 29.7. The van der Waals surface area contributed by atoms with E-state index in [9.17, 15) is 19.2 Å². The van der Waals surface area contributed by atoms with E-state index in [2.05, 4.69) is 44.8 Å². The Kier molecular flexibility index (Phi) is 9.29. The van der Waals surface area contributed by atoms with Crippen LogP contribution in [0, 0.1) is 6.92 Å². The zero-order valence-corrected chi connectivity index (χ0v) is 24.7. The lowest BCUT2D eigenvalue weighted by atomic mass is 10.1. The maximum Gasteiger partial charge on any atom is 0.291 e. The van der Waals surface area contributed by atoms with E-state index in [1.807, 2.05) is 23.1 Å². The number of rotatable bonds is 10. The number of likely N-dealkylation sites (tertiary alicyclic amines) is 1. The number of hydrogen-bond acceptors (Lipinski definition) is 7. The normalized spacial score (nSPS) is 15.0. The van der Waals surface area contributed by atoms with Gasteiger partial charge in [-0.3, -0.25) is 24.5 Å². The third kappa shape index (κ3) is 7.35. The van der Waals surface area contributed by atoms with Crippen LogP contribution in [0.25, 0.3) is 0 Å². The van der Waals surface area contributed by atoms with Crippen molar-refractivity contribution in [2.24, 2.45) is 0 Å². The van der Waals surface area contributed by atoms with E-state index in [0.717, 1.165) is 44.8 Å². The highest BCUT2D eigenvalue weighted by Gasteiger charge is 2.24. The van der Waals surface area contributed by atoms with Gasteiger partial charge in [-0.1, -0.05) is 18.2 Å². The number of piperazine rings is 1. The molecule has 0 spiro atoms. The van der Waals surface area contributed by atoms with Crippen molar-refractivity contribution in [1.29, 1.82) is 0 Å². The van der Waals surface area contributed by atoms with Crippen molar-refractivity contribution in [3.63, 3.8) is 0 Å². The third-order valence-electron chi connectivity index (χ3n) is 7.77. The molecule has 11 heteroatoms. The van der Waals surface area contributed by atoms with Crippen LogP contribution < -0.4 is 25.8 Å². The monoisotopic (exact) mass is 586 g/mol. The first-order valence-electron chi connectivity index (χ1n) is 14.7. The Balaban J connectivity index is 1.29. The first-order valence-corrected chi connectivity index (χ1v) is 14.7. The van der Waals surface area contributed by atoms with Gasteiger partial charge in [-0.2, -0.15) is 0 Å². The summed E-state index contributed by atoms with van der Waals surface area (Å²) in [6.07, 6.45) is 2.15. The highest BCUT2D eigenvalue weighted by Crippen LogP contribution is 2.31. The molecule has 0 bridgehead atoms. The van der Waals surface area contributed by atoms with Crippen LogP contribution in [0.3, 0.4) is 0 Å². The lowest BCUT2D eigenvalue weighted by Crippen LogP contribution is -2.47. The number of anilines is 4. The van der Waals surface area contributed by atoms with Crippen LogP contribution in [0.4, 0.5) is 22.9 Å². The van der Waals surface area contributed by atoms with E-state index in [1.165, 1.54) is 30.3 Å². The van der Waals surface area contributed by atoms with Gasteiger partial charge in [-0.25, -0.2) is 0 Å². The molecule has 2 fully saturated rings. The van der Waals surface area contributed by atoms with E-state index in [-0.39, 0.29) is 29.4 Å². The molecule has 11 nitrogen and oxygen atoms in total. The standard InChI is InChI=1S/C32H38N6O5/c1-22-7-3-4-8-26(22)36-17-19-37(20-18-36)27-11-10-24(31(41)33-14-6-16-38-15-5-9-30(38)40)21-25(27)35-32(42)28-12-13-29(43-28)34-23(2)39/h3-4,7-8,10-13,21H,5-6,9,14-20H2,1-2H3,(H,33,41)(H,34,39)(H,35,42). The average molecular weight is 587 g/mol. The molecular weight excluding hydrogens is 548 g/mol. The van der Waals surface area contributed by atoms with E-state index in [4.69, 9.17) is 4.42 Å². The quantitative estimate of drug-likeness (QED) is 0.308. The summed E-state index contributed by atoms with van der Waals surface area (Å²) >= 11 is 0. The van der Waals surface area contributed by atoms with Gasteiger partial charge < -0.3 is 29.8 Å². The highest BCUT2D eigenvalue weighted by atomic mass is 16.4. The van der Waals surface area contributed by atoms with Gasteiger partial charge in [0.1, 0.15) is 0 Å². The minimum Gasteiger partial charge on any atom is -0.435 e. The summed E-state index contributed by atoms with van der Waals surface area (Å²) < 4.78 is 5.51. The Morgan fingerprint density at radius 1 is 0.860 bits per heavy atom. The zero-order chi connectivity index (χ0) is 30.3. The van der Waals surface area contributed by atoms with Crippen molar-refractivity contribution in [1.82, 2.24) is 10.2 Å². The molecule has 0 atom stereocenters. The molecule has 2 aromatic carbocycles. The van der Waals surface area contributed by atoms with Gasteiger partial charge in [0.2, 0.25) is 11.8 Å². The highest BCUT2D eigenvalue weighted by molar-refractivity contribution is 6.06. The summed E-state index contributed by atoms with van der Waals surface area (Å²) in [5, 5.41) is 8.38. The predicted molar refractivity (Wildman–Crippen MR) is 166 cm³/mol. The molecule has 3 heterocycles. The van der Waals surface area contributed by atoms with Crippen molar-refractivity contribution < 1.29 is 23.6 Å². The number of amides is 4. The fourth-order valence-electron chi connectivity index (χ4n) is 5.56. The maximum atomic E-state index is 13.2. The molecule has 0 unspecified atom stereocenters. The Morgan fingerprint density at radius 2 is 1.60 bits per heavy atom. The fourth-order valence-corrected chi connectivity index (χ4v) is 5.56. The Morgan fingerprint density at radius 3 is 2.30 bits per heavy atom. The molecule has 0 saturated carbocycles. The van der Waals surface area contributed by atoms with Crippen LogP contribution in [-0.2, 0) is 9.59 Å². The second-order valence-electron chi connectivity index (χ2n) is 10.9. The number of hydrogen-bond donors (Lipinski definition) is 3. The van der Waals surface area contributed by atoms with Gasteiger partial charge in [0.05, 0.1) is 11.4 Å². The van der Waals surface area contributed by atoms with Crippen LogP contribution in [0.15, 0.2) is 59.0 Å². The molecule has 43 heavy (non-hydrogen) atoms. The SMILES string of the molecule is CC(=O)Nc1ccc(C(=O)Nc2cc(C(=O)NCCCN3CCCC3=O)ccc2N2CCN(c3ccccc3C)CC2)o1. The van der Waals surface area contributed by atoms with Crippen molar-refractivity contribution in [2.45, 2.75) is 33.1 Å². The third-order valence-corrected chi connectivity index (χ3v) is 7.77. The molecule has 226 valence electrons. The maximum absolute atomic E-state index is 13.2. The molecule has 4 amide bonds. The van der Waals surface area contributed by atoms with E-state index in [0.29, 0.717) is 37.2 Å². The molecule has 1 aromatic heterocycles. The van der Waals surface area contributed by atoms with Gasteiger partial charge in [0, 0.05) is 76.5 Å². The largest absolute Gasteiger partial charge is 0.435 e. The lowest BCUT2D eigenvalue weighted by Gasteiger charge is -2.38. The summed E-state index contributed by atoms with van der Waals surface area (Å²) in [6.45, 7) is 8.36. The van der Waals surface area contributed by atoms with E-state index >= 15 is 0 Å². The smallest absolute Gasteiger partial charge is 0.291 e. The fraction of sp³-hybridized carbons (Fsp3) is 0.375. The molecule has 3 N–H and O–H groups in total. The van der Waals surface area contributed by atoms with Gasteiger partial charge >= 0.3 is 0 Å². The summed E-state index contributed by atoms with van der Waals surface area (Å²) in [7, 11) is 0. The number of furan rings is 1. The minimum absolute atomic E-state index is 0.0328. The number of carbonyl (C=O) groups excluding carboxylic acids is 4. The average Bonchev–Trinajstić information content (AvgIpc) is 3.64. The molecule has 3 aromatic rings. The molecule has 2 aliphatic heterocycles. The molecule has 2 aliphatic rings. The van der Waals surface area contributed by atoms with Crippen molar-refractivity contribution in [3.05, 3.63) is 71.5 Å². The van der Waals surface area contributed by atoms with Crippen molar-refractivity contribution in [2.75, 3.05) is 66.2 Å². The first-order chi connectivity index (χ1) is 20.8. The van der Waals surface area contributed by atoms with Gasteiger partial charge in [-0.05, 0) is 55.7 Å².